The Kier molecular flexibility index (Phi) is 6.08. The van der Waals surface area contributed by atoms with E-state index in [2.05, 4.69) is 39.1 Å². The van der Waals surface area contributed by atoms with Gasteiger partial charge in [-0.3, -0.25) is 15.6 Å². The quantitative estimate of drug-likeness (QED) is 0.307. The number of carbonyl (C=O) groups is 1. The minimum absolute atomic E-state index is 0.193. The lowest BCUT2D eigenvalue weighted by atomic mass is 10.1. The molecule has 0 saturated heterocycles. The molecule has 8 heteroatoms. The Labute approximate surface area is 161 Å². The molecule has 0 radical (unpaired) electrons. The van der Waals surface area contributed by atoms with Crippen LogP contribution in [0.2, 0.25) is 0 Å². The SMILES string of the molecule is CCc1cccc(NC(=S)NNC(=O)CSc2nc3ccccc3[nH]2)c1. The predicted molar refractivity (Wildman–Crippen MR) is 110 cm³/mol. The number of hydrogen-bond acceptors (Lipinski definition) is 4. The number of rotatable bonds is 5. The van der Waals surface area contributed by atoms with Crippen molar-refractivity contribution >= 4 is 51.7 Å². The Balaban J connectivity index is 1.43. The molecule has 0 aliphatic carbocycles. The molecule has 3 rings (SSSR count). The number of thiocarbonyl (C=S) groups is 1. The molecule has 6 nitrogen and oxygen atoms in total. The van der Waals surface area contributed by atoms with Crippen LogP contribution in [0.1, 0.15) is 12.5 Å². The molecular formula is C18H19N5OS2. The van der Waals surface area contributed by atoms with Crippen LogP contribution in [0.5, 0.6) is 0 Å². The number of nitrogens with zero attached hydrogens (tertiary/aromatic N) is 1. The maximum Gasteiger partial charge on any atom is 0.248 e. The van der Waals surface area contributed by atoms with Crippen molar-refractivity contribution < 1.29 is 4.79 Å². The van der Waals surface area contributed by atoms with Crippen LogP contribution in [0.15, 0.2) is 53.7 Å². The number of nitrogens with one attached hydrogen (secondary N) is 4. The Morgan fingerprint density at radius 2 is 2.04 bits per heavy atom. The second-order valence-electron chi connectivity index (χ2n) is 5.53. The number of thioether (sulfide) groups is 1. The number of para-hydroxylation sites is 2. The molecule has 0 aliphatic heterocycles. The summed E-state index contributed by atoms with van der Waals surface area (Å²) in [5.41, 5.74) is 9.22. The summed E-state index contributed by atoms with van der Waals surface area (Å²) in [5, 5.41) is 4.08. The third-order valence-corrected chi connectivity index (χ3v) is 4.69. The standard InChI is InChI=1S/C18H19N5OS2/c1-2-12-6-5-7-13(10-12)19-17(25)23-22-16(24)11-26-18-20-14-8-3-4-9-15(14)21-18/h3-10H,2,11H2,1H3,(H,20,21)(H,22,24)(H2,19,23,25). The average molecular weight is 386 g/mol. The molecule has 0 spiro atoms. The van der Waals surface area contributed by atoms with E-state index in [1.807, 2.05) is 42.5 Å². The highest BCUT2D eigenvalue weighted by Gasteiger charge is 2.07. The number of carbonyl (C=O) groups excluding carboxylic acids is 1. The second-order valence-corrected chi connectivity index (χ2v) is 6.90. The van der Waals surface area contributed by atoms with Gasteiger partial charge in [-0.2, -0.15) is 0 Å². The van der Waals surface area contributed by atoms with Gasteiger partial charge in [-0.15, -0.1) is 0 Å². The molecule has 0 fully saturated rings. The van der Waals surface area contributed by atoms with Crippen LogP contribution in [0.25, 0.3) is 11.0 Å². The molecule has 0 bridgehead atoms. The Morgan fingerprint density at radius 3 is 2.85 bits per heavy atom. The number of anilines is 1. The van der Waals surface area contributed by atoms with Gasteiger partial charge in [0, 0.05) is 5.69 Å². The highest BCUT2D eigenvalue weighted by atomic mass is 32.2. The molecule has 1 amide bonds. The smallest absolute Gasteiger partial charge is 0.248 e. The number of hydrazine groups is 1. The summed E-state index contributed by atoms with van der Waals surface area (Å²) in [6, 6.07) is 15.7. The summed E-state index contributed by atoms with van der Waals surface area (Å²) in [5.74, 6) is 0.0303. The summed E-state index contributed by atoms with van der Waals surface area (Å²) in [7, 11) is 0. The Bertz CT molecular complexity index is 892. The molecule has 0 unspecified atom stereocenters. The van der Waals surface area contributed by atoms with Gasteiger partial charge in [0.05, 0.1) is 16.8 Å². The molecule has 134 valence electrons. The van der Waals surface area contributed by atoms with Gasteiger partial charge in [0.2, 0.25) is 5.91 Å². The van der Waals surface area contributed by atoms with Crippen molar-refractivity contribution in [2.45, 2.75) is 18.5 Å². The number of H-pyrrole nitrogens is 1. The van der Waals surface area contributed by atoms with Gasteiger partial charge < -0.3 is 10.3 Å². The van der Waals surface area contributed by atoms with Gasteiger partial charge in [0.1, 0.15) is 0 Å². The van der Waals surface area contributed by atoms with Gasteiger partial charge in [-0.25, -0.2) is 4.98 Å². The highest BCUT2D eigenvalue weighted by molar-refractivity contribution is 7.99. The lowest BCUT2D eigenvalue weighted by Crippen LogP contribution is -2.44. The number of fused-ring (bicyclic) bond motifs is 1. The van der Waals surface area contributed by atoms with Crippen molar-refractivity contribution in [3.63, 3.8) is 0 Å². The Hall–Kier alpha value is -2.58. The van der Waals surface area contributed by atoms with E-state index in [9.17, 15) is 4.79 Å². The number of amides is 1. The summed E-state index contributed by atoms with van der Waals surface area (Å²) in [6.07, 6.45) is 0.950. The van der Waals surface area contributed by atoms with Crippen molar-refractivity contribution in [3.8, 4) is 0 Å². The predicted octanol–water partition coefficient (Wildman–Crippen LogP) is 3.24. The first-order valence-corrected chi connectivity index (χ1v) is 9.56. The van der Waals surface area contributed by atoms with Crippen molar-refractivity contribution in [3.05, 3.63) is 54.1 Å². The third kappa shape index (κ3) is 4.96. The van der Waals surface area contributed by atoms with Gasteiger partial charge in [0.15, 0.2) is 10.3 Å². The maximum absolute atomic E-state index is 12.0. The van der Waals surface area contributed by atoms with Gasteiger partial charge >= 0.3 is 0 Å². The molecule has 3 aromatic rings. The van der Waals surface area contributed by atoms with E-state index in [4.69, 9.17) is 12.2 Å². The van der Waals surface area contributed by atoms with Crippen molar-refractivity contribution in [2.24, 2.45) is 0 Å². The molecular weight excluding hydrogens is 366 g/mol. The Morgan fingerprint density at radius 1 is 1.19 bits per heavy atom. The fourth-order valence-electron chi connectivity index (χ4n) is 2.33. The zero-order chi connectivity index (χ0) is 18.4. The van der Waals surface area contributed by atoms with E-state index in [0.29, 0.717) is 10.3 Å². The first-order chi connectivity index (χ1) is 12.6. The number of imidazole rings is 1. The maximum atomic E-state index is 12.0. The normalized spacial score (nSPS) is 10.5. The van der Waals surface area contributed by atoms with Crippen LogP contribution in [-0.2, 0) is 11.2 Å². The van der Waals surface area contributed by atoms with Crippen molar-refractivity contribution in [1.82, 2.24) is 20.8 Å². The summed E-state index contributed by atoms with van der Waals surface area (Å²) in [6.45, 7) is 2.09. The van der Waals surface area contributed by atoms with E-state index >= 15 is 0 Å². The van der Waals surface area contributed by atoms with Gasteiger partial charge in [-0.1, -0.05) is 43.0 Å². The summed E-state index contributed by atoms with van der Waals surface area (Å²) < 4.78 is 0. The van der Waals surface area contributed by atoms with Crippen molar-refractivity contribution in [2.75, 3.05) is 11.1 Å². The first kappa shape index (κ1) is 18.2. The molecule has 2 aromatic carbocycles. The van der Waals surface area contributed by atoms with Gasteiger partial charge in [-0.05, 0) is 48.5 Å². The number of aromatic nitrogens is 2. The molecule has 0 atom stereocenters. The highest BCUT2D eigenvalue weighted by Crippen LogP contribution is 2.18. The molecule has 0 saturated carbocycles. The van der Waals surface area contributed by atoms with Crippen LogP contribution in [0.3, 0.4) is 0 Å². The largest absolute Gasteiger partial charge is 0.333 e. The van der Waals surface area contributed by atoms with Crippen LogP contribution in [0, 0.1) is 0 Å². The van der Waals surface area contributed by atoms with E-state index in [1.54, 1.807) is 0 Å². The lowest BCUT2D eigenvalue weighted by molar-refractivity contribution is -0.119. The number of aromatic amines is 1. The summed E-state index contributed by atoms with van der Waals surface area (Å²) in [4.78, 5) is 19.6. The van der Waals surface area contributed by atoms with E-state index < -0.39 is 0 Å². The molecule has 0 aliphatic rings. The van der Waals surface area contributed by atoms with Crippen LogP contribution in [-0.4, -0.2) is 26.7 Å². The fourth-order valence-corrected chi connectivity index (χ4v) is 3.18. The van der Waals surface area contributed by atoms with Gasteiger partial charge in [0.25, 0.3) is 0 Å². The lowest BCUT2D eigenvalue weighted by Gasteiger charge is -2.12. The first-order valence-electron chi connectivity index (χ1n) is 8.16. The third-order valence-electron chi connectivity index (χ3n) is 3.62. The monoisotopic (exact) mass is 385 g/mol. The average Bonchev–Trinajstić information content (AvgIpc) is 3.08. The number of hydrogen-bond donors (Lipinski definition) is 4. The number of aryl methyl sites for hydroxylation is 1. The van der Waals surface area contributed by atoms with Crippen LogP contribution in [0.4, 0.5) is 5.69 Å². The van der Waals surface area contributed by atoms with Crippen LogP contribution < -0.4 is 16.2 Å². The second kappa shape index (κ2) is 8.68. The minimum Gasteiger partial charge on any atom is -0.333 e. The number of benzene rings is 2. The molecule has 4 N–H and O–H groups in total. The fraction of sp³-hybridized carbons (Fsp3) is 0.167. The topological polar surface area (TPSA) is 81.8 Å². The van der Waals surface area contributed by atoms with E-state index in [0.717, 1.165) is 23.1 Å². The minimum atomic E-state index is -0.193. The van der Waals surface area contributed by atoms with E-state index in [-0.39, 0.29) is 11.7 Å². The molecule has 26 heavy (non-hydrogen) atoms. The molecule has 1 aromatic heterocycles. The van der Waals surface area contributed by atoms with E-state index in [1.165, 1.54) is 17.3 Å². The summed E-state index contributed by atoms with van der Waals surface area (Å²) >= 11 is 6.53. The van der Waals surface area contributed by atoms with Crippen LogP contribution >= 0.6 is 24.0 Å². The van der Waals surface area contributed by atoms with Crippen molar-refractivity contribution in [1.29, 1.82) is 0 Å². The molecule has 1 heterocycles. The zero-order valence-electron chi connectivity index (χ0n) is 14.2. The zero-order valence-corrected chi connectivity index (χ0v) is 15.8.